The Balaban J connectivity index is -0.000000164. The van der Waals surface area contributed by atoms with Crippen molar-refractivity contribution in [3.05, 3.63) is 49.2 Å². The maximum Gasteiger partial charge on any atom is 2.00 e. The van der Waals surface area contributed by atoms with Gasteiger partial charge in [-0.15, -0.1) is 0 Å². The van der Waals surface area contributed by atoms with Crippen LogP contribution in [0.4, 0.5) is 0 Å². The van der Waals surface area contributed by atoms with Crippen molar-refractivity contribution in [2.75, 3.05) is 0 Å². The quantitative estimate of drug-likeness (QED) is 0.331. The molecule has 1 aromatic carbocycles. The molecule has 0 bridgehead atoms. The summed E-state index contributed by atoms with van der Waals surface area (Å²) in [5, 5.41) is 20.2. The predicted molar refractivity (Wildman–Crippen MR) is 125 cm³/mol. The van der Waals surface area contributed by atoms with Crippen LogP contribution in [0.25, 0.3) is 0 Å². The molecular formula is C25H42O4Sn. The van der Waals surface area contributed by atoms with Crippen LogP contribution in [-0.2, 0) is 11.2 Å². The van der Waals surface area contributed by atoms with Crippen LogP contribution in [0.15, 0.2) is 24.3 Å². The second-order valence-corrected chi connectivity index (χ2v) is 6.58. The summed E-state index contributed by atoms with van der Waals surface area (Å²) in [5.41, 5.74) is 1.37. The van der Waals surface area contributed by atoms with Gasteiger partial charge in [-0.1, -0.05) is 117 Å². The molecule has 0 spiro atoms. The number of benzene rings is 1. The van der Waals surface area contributed by atoms with Gasteiger partial charge in [0.05, 0.1) is 5.97 Å². The van der Waals surface area contributed by atoms with E-state index in [0.29, 0.717) is 0 Å². The van der Waals surface area contributed by atoms with Gasteiger partial charge in [-0.2, -0.15) is 0 Å². The molecule has 0 saturated heterocycles. The average Bonchev–Trinajstić information content (AvgIpc) is 2.74. The molecule has 0 amide bonds. The Hall–Kier alpha value is -1.04. The van der Waals surface area contributed by atoms with E-state index in [4.69, 9.17) is 0 Å². The van der Waals surface area contributed by atoms with Gasteiger partial charge in [0.2, 0.25) is 0 Å². The van der Waals surface area contributed by atoms with E-state index in [9.17, 15) is 19.8 Å². The summed E-state index contributed by atoms with van der Waals surface area (Å²) < 4.78 is 0. The molecule has 4 nitrogen and oxygen atoms in total. The molecule has 0 atom stereocenters. The summed E-state index contributed by atoms with van der Waals surface area (Å²) in [7, 11) is 0. The Bertz CT molecular complexity index is 465. The molecule has 4 radical (unpaired) electrons. The molecule has 0 aromatic heterocycles. The molecule has 0 unspecified atom stereocenters. The number of carboxylic acid groups (broad SMARTS) is 2. The molecule has 0 saturated carbocycles. The normalized spacial score (nSPS) is 8.73. The summed E-state index contributed by atoms with van der Waals surface area (Å²) in [6.07, 6.45) is 11.1. The number of carbonyl (C=O) groups excluding carboxylic acids is 2. The fourth-order valence-corrected chi connectivity index (χ4v) is 1.75. The minimum Gasteiger partial charge on any atom is -0.550 e. The monoisotopic (exact) mass is 526 g/mol. The number of carboxylic acids is 2. The average molecular weight is 525 g/mol. The van der Waals surface area contributed by atoms with E-state index in [-0.39, 0.29) is 35.9 Å². The summed E-state index contributed by atoms with van der Waals surface area (Å²) in [6, 6.07) is 6.72. The fourth-order valence-electron chi connectivity index (χ4n) is 1.75. The summed E-state index contributed by atoms with van der Waals surface area (Å²) >= 11 is 0. The molecule has 170 valence electrons. The first kappa shape index (κ1) is 36.3. The Morgan fingerprint density at radius 2 is 1.20 bits per heavy atom. The first-order chi connectivity index (χ1) is 13.8. The molecular weight excluding hydrogens is 483 g/mol. The van der Waals surface area contributed by atoms with E-state index in [1.165, 1.54) is 25.7 Å². The number of aromatic carboxylic acids is 1. The predicted octanol–water partition coefficient (Wildman–Crippen LogP) is 4.57. The molecule has 0 heterocycles. The zero-order valence-corrected chi connectivity index (χ0v) is 22.5. The first-order valence-electron chi connectivity index (χ1n) is 10.9. The number of carbonyl (C=O) groups is 2. The smallest absolute Gasteiger partial charge is 0.550 e. The van der Waals surface area contributed by atoms with Gasteiger partial charge in [0.15, 0.2) is 0 Å². The van der Waals surface area contributed by atoms with Crippen LogP contribution in [-0.4, -0.2) is 35.8 Å². The van der Waals surface area contributed by atoms with Gasteiger partial charge in [0.25, 0.3) is 0 Å². The second-order valence-electron chi connectivity index (χ2n) is 6.58. The van der Waals surface area contributed by atoms with Gasteiger partial charge in [-0.25, -0.2) is 0 Å². The molecule has 1 aromatic rings. The first-order valence-corrected chi connectivity index (χ1v) is 10.9. The van der Waals surface area contributed by atoms with E-state index in [1.807, 2.05) is 6.92 Å². The summed E-state index contributed by atoms with van der Waals surface area (Å²) in [5.74, 6) is -2.04. The van der Waals surface area contributed by atoms with Crippen molar-refractivity contribution in [2.45, 2.75) is 98.3 Å². The van der Waals surface area contributed by atoms with Gasteiger partial charge < -0.3 is 19.8 Å². The Morgan fingerprint density at radius 1 is 0.767 bits per heavy atom. The van der Waals surface area contributed by atoms with Crippen molar-refractivity contribution >= 4 is 35.8 Å². The fraction of sp³-hybridized carbons (Fsp3) is 0.600. The SMILES string of the molecule is CCCCCCCC(=O)[O-].CCc1ccc(C(=O)[O-])cc1.[CH2]CCC.[CH2]CCC.[Sn+2]. The molecule has 0 N–H and O–H groups in total. The van der Waals surface area contributed by atoms with Crippen LogP contribution >= 0.6 is 0 Å². The topological polar surface area (TPSA) is 80.3 Å². The number of aryl methyl sites for hydroxylation is 1. The number of unbranched alkanes of at least 4 members (excludes halogenated alkanes) is 6. The molecule has 5 heteroatoms. The third-order valence-corrected chi connectivity index (χ3v) is 3.79. The molecule has 0 aliphatic rings. The van der Waals surface area contributed by atoms with E-state index in [2.05, 4.69) is 34.6 Å². The van der Waals surface area contributed by atoms with Gasteiger partial charge in [0.1, 0.15) is 0 Å². The van der Waals surface area contributed by atoms with Crippen molar-refractivity contribution in [1.29, 1.82) is 0 Å². The summed E-state index contributed by atoms with van der Waals surface area (Å²) in [6.45, 7) is 15.6. The van der Waals surface area contributed by atoms with Crippen molar-refractivity contribution in [3.63, 3.8) is 0 Å². The standard InChI is InChI=1S/C9H10O2.C8H16O2.2C4H9.Sn/c1-2-7-3-5-8(6-4-7)9(10)11;1-2-3-4-5-6-7-8(9)10;2*1-3-4-2;/h3-6H,2H2,1H3,(H,10,11);2-7H2,1H3,(H,9,10);2*1,3-4H2,2H3;/q;;;;+2/p-2. The maximum atomic E-state index is 10.3. The van der Waals surface area contributed by atoms with Crippen molar-refractivity contribution in [2.24, 2.45) is 0 Å². The number of aliphatic carboxylic acids is 1. The molecule has 0 fully saturated rings. The zero-order valence-electron chi connectivity index (χ0n) is 19.6. The van der Waals surface area contributed by atoms with Crippen molar-refractivity contribution in [1.82, 2.24) is 0 Å². The summed E-state index contributed by atoms with van der Waals surface area (Å²) in [4.78, 5) is 20.2. The van der Waals surface area contributed by atoms with Crippen LogP contribution in [0.5, 0.6) is 0 Å². The van der Waals surface area contributed by atoms with Gasteiger partial charge >= 0.3 is 23.9 Å². The Morgan fingerprint density at radius 3 is 1.50 bits per heavy atom. The van der Waals surface area contributed by atoms with Crippen LogP contribution in [0, 0.1) is 13.8 Å². The third-order valence-electron chi connectivity index (χ3n) is 3.79. The number of hydrogen-bond acceptors (Lipinski definition) is 4. The molecule has 1 rings (SSSR count). The van der Waals surface area contributed by atoms with Gasteiger partial charge in [0, 0.05) is 5.97 Å². The van der Waals surface area contributed by atoms with Crippen molar-refractivity contribution in [3.8, 4) is 0 Å². The third kappa shape index (κ3) is 31.6. The van der Waals surface area contributed by atoms with Gasteiger partial charge in [-0.05, 0) is 30.4 Å². The maximum absolute atomic E-state index is 10.3. The van der Waals surface area contributed by atoms with Crippen molar-refractivity contribution < 1.29 is 19.8 Å². The molecule has 30 heavy (non-hydrogen) atoms. The minimum absolute atomic E-state index is 0. The largest absolute Gasteiger partial charge is 2.00 e. The molecule has 0 aliphatic heterocycles. The minimum atomic E-state index is -1.12. The van der Waals surface area contributed by atoms with Crippen LogP contribution < -0.4 is 10.2 Å². The second kappa shape index (κ2) is 30.2. The number of rotatable bonds is 10. The van der Waals surface area contributed by atoms with Crippen LogP contribution in [0.3, 0.4) is 0 Å². The van der Waals surface area contributed by atoms with Gasteiger partial charge in [-0.3, -0.25) is 0 Å². The molecule has 0 aliphatic carbocycles. The Labute approximate surface area is 202 Å². The van der Waals surface area contributed by atoms with E-state index in [0.717, 1.165) is 44.1 Å². The van der Waals surface area contributed by atoms with Crippen LogP contribution in [0.2, 0.25) is 0 Å². The van der Waals surface area contributed by atoms with E-state index in [1.54, 1.807) is 24.3 Å². The van der Waals surface area contributed by atoms with E-state index < -0.39 is 11.9 Å². The Kier molecular flexibility index (Phi) is 36.5. The van der Waals surface area contributed by atoms with E-state index >= 15 is 0 Å². The number of hydrogen-bond donors (Lipinski definition) is 0. The zero-order chi connectivity index (χ0) is 22.9. The van der Waals surface area contributed by atoms with Crippen LogP contribution in [0.1, 0.15) is 108 Å².